The Kier molecular flexibility index (Phi) is 4.92. The fraction of sp³-hybridized carbons (Fsp3) is 0.963. The molecule has 1 nitrogen and oxygen atoms in total. The monoisotopic (exact) mass is 386 g/mol. The van der Waals surface area contributed by atoms with Gasteiger partial charge in [0.25, 0.3) is 0 Å². The summed E-state index contributed by atoms with van der Waals surface area (Å²) in [6.07, 6.45) is 13.3. The molecule has 0 spiro atoms. The smallest absolute Gasteiger partial charge is 0.120 e. The van der Waals surface area contributed by atoms with E-state index in [1.54, 1.807) is 0 Å². The van der Waals surface area contributed by atoms with Gasteiger partial charge in [-0.25, -0.2) is 0 Å². The van der Waals surface area contributed by atoms with E-state index in [1.807, 2.05) is 0 Å². The Morgan fingerprint density at radius 3 is 2.21 bits per heavy atom. The highest BCUT2D eigenvalue weighted by Gasteiger charge is 2.67. The van der Waals surface area contributed by atoms with Crippen molar-refractivity contribution in [2.45, 2.75) is 106 Å². The SMILES string of the molecule is C[C@H](CC=O)C1CC[C@@]2(C)C3CCC4C(C)(C)[C@@H](C)CC[C@]4(C)C3CC[C@]12C. The summed E-state index contributed by atoms with van der Waals surface area (Å²) in [7, 11) is 0. The third kappa shape index (κ3) is 2.52. The molecule has 0 N–H and O–H groups in total. The van der Waals surface area contributed by atoms with Crippen LogP contribution in [0, 0.1) is 57.2 Å². The van der Waals surface area contributed by atoms with E-state index in [4.69, 9.17) is 0 Å². The van der Waals surface area contributed by atoms with Gasteiger partial charge < -0.3 is 4.79 Å². The van der Waals surface area contributed by atoms with Crippen molar-refractivity contribution in [2.24, 2.45) is 57.2 Å². The topological polar surface area (TPSA) is 17.1 Å². The number of carbonyl (C=O) groups is 1. The summed E-state index contributed by atoms with van der Waals surface area (Å²) in [5.41, 5.74) is 1.97. The van der Waals surface area contributed by atoms with Crippen LogP contribution in [0.3, 0.4) is 0 Å². The lowest BCUT2D eigenvalue weighted by Gasteiger charge is -2.67. The van der Waals surface area contributed by atoms with E-state index in [1.165, 1.54) is 57.7 Å². The first-order valence-electron chi connectivity index (χ1n) is 12.5. The van der Waals surface area contributed by atoms with Gasteiger partial charge in [0, 0.05) is 6.42 Å². The van der Waals surface area contributed by atoms with E-state index >= 15 is 0 Å². The molecule has 4 rings (SSSR count). The molecule has 0 aliphatic heterocycles. The molecule has 1 heteroatoms. The Bertz CT molecular complexity index is 622. The van der Waals surface area contributed by atoms with Crippen LogP contribution >= 0.6 is 0 Å². The molecule has 160 valence electrons. The van der Waals surface area contributed by atoms with Gasteiger partial charge in [0.15, 0.2) is 0 Å². The highest BCUT2D eigenvalue weighted by Crippen LogP contribution is 2.75. The van der Waals surface area contributed by atoms with Crippen LogP contribution in [0.2, 0.25) is 0 Å². The van der Waals surface area contributed by atoms with Crippen LogP contribution in [0.15, 0.2) is 0 Å². The van der Waals surface area contributed by atoms with E-state index in [0.717, 1.165) is 36.0 Å². The minimum Gasteiger partial charge on any atom is -0.303 e. The zero-order valence-electron chi connectivity index (χ0n) is 19.8. The fourth-order valence-electron chi connectivity index (χ4n) is 9.96. The van der Waals surface area contributed by atoms with Crippen molar-refractivity contribution in [3.05, 3.63) is 0 Å². The lowest BCUT2D eigenvalue weighted by atomic mass is 9.37. The third-order valence-corrected chi connectivity index (χ3v) is 12.2. The summed E-state index contributed by atoms with van der Waals surface area (Å²) in [4.78, 5) is 11.2. The first-order valence-corrected chi connectivity index (χ1v) is 12.5. The predicted octanol–water partition coefficient (Wildman–Crippen LogP) is 7.53. The van der Waals surface area contributed by atoms with Crippen LogP contribution < -0.4 is 0 Å². The molecule has 4 aliphatic carbocycles. The normalized spacial score (nSPS) is 53.6. The van der Waals surface area contributed by atoms with Crippen molar-refractivity contribution in [3.8, 4) is 0 Å². The number of carbonyl (C=O) groups excluding carboxylic acids is 1. The molecule has 28 heavy (non-hydrogen) atoms. The molecule has 4 unspecified atom stereocenters. The van der Waals surface area contributed by atoms with Gasteiger partial charge in [0.05, 0.1) is 0 Å². The molecule has 4 fully saturated rings. The molecule has 0 bridgehead atoms. The minimum atomic E-state index is 0.442. The van der Waals surface area contributed by atoms with Gasteiger partial charge in [-0.3, -0.25) is 0 Å². The standard InChI is InChI=1S/C27H46O/c1-18(13-17-28)20-11-15-27(7)22-8-9-23-24(3,4)19(2)10-14-25(23,5)21(22)12-16-26(20,27)6/h17-23H,8-16H2,1-7H3/t18-,19+,20?,21?,22?,23?,25-,26-,27+/m1/s1. The number of hydrogen-bond acceptors (Lipinski definition) is 1. The first kappa shape index (κ1) is 20.9. The Balaban J connectivity index is 1.66. The molecule has 0 aromatic heterocycles. The van der Waals surface area contributed by atoms with Crippen LogP contribution in [0.5, 0.6) is 0 Å². The minimum absolute atomic E-state index is 0.442. The number of aldehydes is 1. The highest BCUT2D eigenvalue weighted by molar-refractivity contribution is 5.49. The van der Waals surface area contributed by atoms with Crippen molar-refractivity contribution in [1.82, 2.24) is 0 Å². The summed E-state index contributed by atoms with van der Waals surface area (Å²) in [6, 6.07) is 0. The summed E-state index contributed by atoms with van der Waals surface area (Å²) in [6.45, 7) is 18.0. The fourth-order valence-corrected chi connectivity index (χ4v) is 9.96. The van der Waals surface area contributed by atoms with Crippen molar-refractivity contribution < 1.29 is 4.79 Å². The number of hydrogen-bond donors (Lipinski definition) is 0. The molecule has 0 saturated heterocycles. The summed E-state index contributed by atoms with van der Waals surface area (Å²) < 4.78 is 0. The van der Waals surface area contributed by atoms with Gasteiger partial charge in [-0.2, -0.15) is 0 Å². The largest absolute Gasteiger partial charge is 0.303 e. The first-order chi connectivity index (χ1) is 13.0. The molecular formula is C27H46O. The lowest BCUT2D eigenvalue weighted by molar-refractivity contribution is -0.188. The predicted molar refractivity (Wildman–Crippen MR) is 118 cm³/mol. The van der Waals surface area contributed by atoms with E-state index in [-0.39, 0.29) is 0 Å². The maximum absolute atomic E-state index is 11.2. The van der Waals surface area contributed by atoms with Crippen molar-refractivity contribution in [1.29, 1.82) is 0 Å². The van der Waals surface area contributed by atoms with Crippen LogP contribution in [-0.2, 0) is 4.79 Å². The zero-order chi connectivity index (χ0) is 20.5. The Hall–Kier alpha value is -0.330. The van der Waals surface area contributed by atoms with E-state index in [0.29, 0.717) is 27.6 Å². The molecule has 0 heterocycles. The lowest BCUT2D eigenvalue weighted by Crippen LogP contribution is -2.60. The molecule has 0 aromatic rings. The third-order valence-electron chi connectivity index (χ3n) is 12.2. The van der Waals surface area contributed by atoms with Crippen molar-refractivity contribution >= 4 is 6.29 Å². The second-order valence-corrected chi connectivity index (χ2v) is 13.0. The molecule has 0 aromatic carbocycles. The molecular weight excluding hydrogens is 340 g/mol. The maximum Gasteiger partial charge on any atom is 0.120 e. The molecule has 4 saturated carbocycles. The Labute approximate surface area is 174 Å². The maximum atomic E-state index is 11.2. The quantitative estimate of drug-likeness (QED) is 0.458. The summed E-state index contributed by atoms with van der Waals surface area (Å²) >= 11 is 0. The van der Waals surface area contributed by atoms with Gasteiger partial charge >= 0.3 is 0 Å². The average Bonchev–Trinajstić information content (AvgIpc) is 2.91. The van der Waals surface area contributed by atoms with Gasteiger partial charge in [-0.15, -0.1) is 0 Å². The Morgan fingerprint density at radius 2 is 1.54 bits per heavy atom. The van der Waals surface area contributed by atoms with Crippen LogP contribution in [0.4, 0.5) is 0 Å². The number of rotatable bonds is 3. The Morgan fingerprint density at radius 1 is 0.857 bits per heavy atom. The van der Waals surface area contributed by atoms with Crippen LogP contribution in [-0.4, -0.2) is 6.29 Å². The van der Waals surface area contributed by atoms with Crippen LogP contribution in [0.25, 0.3) is 0 Å². The average molecular weight is 387 g/mol. The van der Waals surface area contributed by atoms with Crippen molar-refractivity contribution in [2.75, 3.05) is 0 Å². The van der Waals surface area contributed by atoms with E-state index in [9.17, 15) is 4.79 Å². The molecule has 9 atom stereocenters. The summed E-state index contributed by atoms with van der Waals surface area (Å²) in [5, 5.41) is 0. The molecule has 4 aliphatic rings. The highest BCUT2D eigenvalue weighted by atomic mass is 16.1. The van der Waals surface area contributed by atoms with Gasteiger partial charge in [0.2, 0.25) is 0 Å². The number of fused-ring (bicyclic) bond motifs is 5. The van der Waals surface area contributed by atoms with Crippen LogP contribution in [0.1, 0.15) is 106 Å². The second kappa shape index (κ2) is 6.58. The molecule has 0 amide bonds. The van der Waals surface area contributed by atoms with E-state index in [2.05, 4.69) is 48.5 Å². The van der Waals surface area contributed by atoms with Crippen molar-refractivity contribution in [3.63, 3.8) is 0 Å². The van der Waals surface area contributed by atoms with Gasteiger partial charge in [-0.1, -0.05) is 48.5 Å². The van der Waals surface area contributed by atoms with Gasteiger partial charge in [-0.05, 0) is 109 Å². The molecule has 0 radical (unpaired) electrons. The zero-order valence-corrected chi connectivity index (χ0v) is 19.8. The van der Waals surface area contributed by atoms with Gasteiger partial charge in [0.1, 0.15) is 6.29 Å². The summed E-state index contributed by atoms with van der Waals surface area (Å²) in [5.74, 6) is 4.91. The van der Waals surface area contributed by atoms with E-state index < -0.39 is 0 Å². The second-order valence-electron chi connectivity index (χ2n) is 13.0.